The molecule has 42 heavy (non-hydrogen) atoms. The predicted molar refractivity (Wildman–Crippen MR) is 160 cm³/mol. The molecule has 6 rings (SSSR count). The molecule has 0 radical (unpaired) electrons. The van der Waals surface area contributed by atoms with Gasteiger partial charge in [0.2, 0.25) is 0 Å². The van der Waals surface area contributed by atoms with Crippen LogP contribution in [-0.2, 0) is 22.6 Å². The maximum absolute atomic E-state index is 12.7. The summed E-state index contributed by atoms with van der Waals surface area (Å²) in [6.45, 7) is 5.70. The third-order valence-electron chi connectivity index (χ3n) is 8.40. The Kier molecular flexibility index (Phi) is 8.86. The molecule has 2 saturated heterocycles. The average Bonchev–Trinajstić information content (AvgIpc) is 3.05. The molecule has 4 aromatic rings. The predicted octanol–water partition coefficient (Wildman–Crippen LogP) is 5.33. The van der Waals surface area contributed by atoms with Crippen LogP contribution in [0.5, 0.6) is 0 Å². The number of benzene rings is 3. The fourth-order valence-electron chi connectivity index (χ4n) is 5.86. The highest BCUT2D eigenvalue weighted by molar-refractivity contribution is 5.93. The van der Waals surface area contributed by atoms with E-state index in [9.17, 15) is 9.90 Å². The lowest BCUT2D eigenvalue weighted by molar-refractivity contribution is -0.276. The number of amides is 1. The quantitative estimate of drug-likeness (QED) is 0.298. The topological polar surface area (TPSA) is 96.8 Å². The number of likely N-dealkylation sites (tertiary alicyclic amines) is 1. The number of hydrogen-bond acceptors (Lipinski definition) is 7. The number of hydrogen-bond donors (Lipinski definition) is 2. The van der Waals surface area contributed by atoms with E-state index in [4.69, 9.17) is 9.47 Å². The van der Waals surface area contributed by atoms with Crippen molar-refractivity contribution >= 4 is 16.9 Å². The van der Waals surface area contributed by atoms with Gasteiger partial charge in [-0.3, -0.25) is 9.78 Å². The minimum atomic E-state index is -0.505. The molecule has 4 atom stereocenters. The molecule has 8 heteroatoms. The molecule has 0 saturated carbocycles. The number of aliphatic hydroxyl groups is 1. The van der Waals surface area contributed by atoms with Crippen LogP contribution in [0.25, 0.3) is 11.0 Å². The lowest BCUT2D eigenvalue weighted by Gasteiger charge is -2.43. The Morgan fingerprint density at radius 3 is 2.33 bits per heavy atom. The number of carbonyl (C=O) groups is 1. The van der Waals surface area contributed by atoms with Crippen molar-refractivity contribution in [3.63, 3.8) is 0 Å². The molecule has 2 aliphatic heterocycles. The number of aliphatic hydroxyl groups excluding tert-OH is 1. The molecule has 0 aliphatic carbocycles. The van der Waals surface area contributed by atoms with Crippen molar-refractivity contribution in [2.75, 3.05) is 19.6 Å². The largest absolute Gasteiger partial charge is 0.392 e. The average molecular weight is 567 g/mol. The molecule has 1 amide bonds. The van der Waals surface area contributed by atoms with Crippen molar-refractivity contribution in [2.45, 2.75) is 57.8 Å². The third-order valence-corrected chi connectivity index (χ3v) is 8.40. The number of nitrogens with zero attached hydrogens (tertiary/aromatic N) is 3. The van der Waals surface area contributed by atoms with Gasteiger partial charge in [-0.15, -0.1) is 0 Å². The van der Waals surface area contributed by atoms with Crippen LogP contribution in [0.4, 0.5) is 0 Å². The van der Waals surface area contributed by atoms with Gasteiger partial charge in [-0.05, 0) is 54.8 Å². The Labute approximate surface area is 246 Å². The number of carbonyl (C=O) groups excluding carboxylic acids is 1. The van der Waals surface area contributed by atoms with E-state index in [1.165, 1.54) is 25.5 Å². The molecule has 0 spiro atoms. The van der Waals surface area contributed by atoms with Crippen LogP contribution in [0.2, 0.25) is 0 Å². The van der Waals surface area contributed by atoms with Gasteiger partial charge in [-0.1, -0.05) is 74.0 Å². The lowest BCUT2D eigenvalue weighted by atomic mass is 9.89. The van der Waals surface area contributed by atoms with E-state index in [1.54, 1.807) is 0 Å². The summed E-state index contributed by atoms with van der Waals surface area (Å²) in [4.78, 5) is 24.0. The monoisotopic (exact) mass is 566 g/mol. The number of para-hydroxylation sites is 2. The highest BCUT2D eigenvalue weighted by Crippen LogP contribution is 2.42. The van der Waals surface area contributed by atoms with E-state index in [2.05, 4.69) is 39.2 Å². The van der Waals surface area contributed by atoms with Crippen molar-refractivity contribution in [3.8, 4) is 0 Å². The second kappa shape index (κ2) is 13.1. The second-order valence-corrected chi connectivity index (χ2v) is 11.4. The van der Waals surface area contributed by atoms with Gasteiger partial charge in [0.15, 0.2) is 6.29 Å². The minimum absolute atomic E-state index is 0.0198. The van der Waals surface area contributed by atoms with Crippen LogP contribution >= 0.6 is 0 Å². The Balaban J connectivity index is 1.14. The Hall–Kier alpha value is -3.69. The molecule has 3 heterocycles. The summed E-state index contributed by atoms with van der Waals surface area (Å²) in [6, 6.07) is 23.6. The summed E-state index contributed by atoms with van der Waals surface area (Å²) in [5.41, 5.74) is 5.62. The Bertz CT molecular complexity index is 1490. The molecule has 3 aromatic carbocycles. The fourth-order valence-corrected chi connectivity index (χ4v) is 5.86. The van der Waals surface area contributed by atoms with Crippen molar-refractivity contribution in [1.29, 1.82) is 0 Å². The molecular formula is C34H38N4O4. The molecule has 218 valence electrons. The highest BCUT2D eigenvalue weighted by Gasteiger charge is 2.39. The summed E-state index contributed by atoms with van der Waals surface area (Å²) >= 11 is 0. The van der Waals surface area contributed by atoms with E-state index in [1.807, 2.05) is 60.7 Å². The molecule has 2 N–H and O–H groups in total. The van der Waals surface area contributed by atoms with Crippen molar-refractivity contribution < 1.29 is 19.4 Å². The zero-order valence-electron chi connectivity index (χ0n) is 24.0. The molecule has 1 aromatic heterocycles. The van der Waals surface area contributed by atoms with Gasteiger partial charge in [0.05, 0.1) is 36.0 Å². The zero-order chi connectivity index (χ0) is 28.9. The number of nitrogens with one attached hydrogen (secondary N) is 1. The van der Waals surface area contributed by atoms with Crippen molar-refractivity contribution in [2.24, 2.45) is 5.92 Å². The van der Waals surface area contributed by atoms with Crippen molar-refractivity contribution in [3.05, 3.63) is 107 Å². The number of rotatable bonds is 8. The van der Waals surface area contributed by atoms with Gasteiger partial charge in [-0.2, -0.15) is 0 Å². The summed E-state index contributed by atoms with van der Waals surface area (Å²) in [6.07, 6.45) is 4.66. The Morgan fingerprint density at radius 1 is 0.905 bits per heavy atom. The van der Waals surface area contributed by atoms with Crippen LogP contribution < -0.4 is 5.32 Å². The van der Waals surface area contributed by atoms with Gasteiger partial charge < -0.3 is 24.8 Å². The number of piperidine rings is 1. The van der Waals surface area contributed by atoms with Crippen LogP contribution in [0, 0.1) is 5.92 Å². The molecule has 2 fully saturated rings. The maximum atomic E-state index is 12.7. The highest BCUT2D eigenvalue weighted by atomic mass is 16.7. The molecule has 0 unspecified atom stereocenters. The van der Waals surface area contributed by atoms with Gasteiger partial charge in [0.25, 0.3) is 5.91 Å². The van der Waals surface area contributed by atoms with E-state index in [0.717, 1.165) is 47.4 Å². The first-order valence-electron chi connectivity index (χ1n) is 14.9. The number of fused-ring (bicyclic) bond motifs is 1. The molecule has 2 aliphatic rings. The van der Waals surface area contributed by atoms with Gasteiger partial charge in [0.1, 0.15) is 5.69 Å². The van der Waals surface area contributed by atoms with E-state index in [-0.39, 0.29) is 30.6 Å². The third kappa shape index (κ3) is 6.52. The van der Waals surface area contributed by atoms with Crippen LogP contribution in [0.15, 0.2) is 79.0 Å². The van der Waals surface area contributed by atoms with E-state index >= 15 is 0 Å². The fraction of sp³-hybridized carbons (Fsp3) is 0.382. The zero-order valence-corrected chi connectivity index (χ0v) is 24.0. The van der Waals surface area contributed by atoms with E-state index in [0.29, 0.717) is 17.8 Å². The lowest BCUT2D eigenvalue weighted by Crippen LogP contribution is -2.45. The van der Waals surface area contributed by atoms with E-state index < -0.39 is 6.29 Å². The first-order chi connectivity index (χ1) is 20.6. The Morgan fingerprint density at radius 2 is 1.60 bits per heavy atom. The summed E-state index contributed by atoms with van der Waals surface area (Å²) < 4.78 is 13.2. The normalized spacial score (nSPS) is 23.1. The molecule has 0 bridgehead atoms. The SMILES string of the molecule is C[C@H]1[C@@H](CN2CCCCC2)O[C@@H](c2ccc(CNC(=O)c3cnc4ccccc4n3)cc2)O[C@H]1c1ccc(CO)cc1. The molecule has 8 nitrogen and oxygen atoms in total. The first kappa shape index (κ1) is 28.4. The summed E-state index contributed by atoms with van der Waals surface area (Å²) in [5.74, 6) is -0.100. The van der Waals surface area contributed by atoms with Crippen molar-refractivity contribution in [1.82, 2.24) is 20.2 Å². The first-order valence-corrected chi connectivity index (χ1v) is 14.9. The van der Waals surface area contributed by atoms with Gasteiger partial charge in [-0.25, -0.2) is 4.98 Å². The van der Waals surface area contributed by atoms with Gasteiger partial charge >= 0.3 is 0 Å². The number of ether oxygens (including phenoxy) is 2. The van der Waals surface area contributed by atoms with Crippen LogP contribution in [-0.4, -0.2) is 51.6 Å². The van der Waals surface area contributed by atoms with Crippen LogP contribution in [0.3, 0.4) is 0 Å². The van der Waals surface area contributed by atoms with Gasteiger partial charge in [0, 0.05) is 24.6 Å². The summed E-state index contributed by atoms with van der Waals surface area (Å²) in [5, 5.41) is 12.5. The minimum Gasteiger partial charge on any atom is -0.392 e. The maximum Gasteiger partial charge on any atom is 0.271 e. The van der Waals surface area contributed by atoms with Crippen LogP contribution in [0.1, 0.15) is 71.3 Å². The smallest absolute Gasteiger partial charge is 0.271 e. The number of aromatic nitrogens is 2. The second-order valence-electron chi connectivity index (χ2n) is 11.4. The standard InChI is InChI=1S/C34H38N4O4/c1-23-31(21-38-17-5-2-6-18-38)41-34(42-32(23)26-13-11-25(22-39)12-14-26)27-15-9-24(10-16-27)19-36-33(40)30-20-35-28-7-3-4-8-29(28)37-30/h3-4,7-16,20,23,31-32,34,39H,2,5-6,17-19,21-22H2,1H3,(H,36,40)/t23-,31+,32+,34+/m0/s1. The summed E-state index contributed by atoms with van der Waals surface area (Å²) in [7, 11) is 0. The molecular weight excluding hydrogens is 528 g/mol.